The molecule has 98 valence electrons. The zero-order valence-electron chi connectivity index (χ0n) is 10.3. The number of amides is 1. The molecule has 0 radical (unpaired) electrons. The zero-order valence-corrected chi connectivity index (χ0v) is 10.3. The quantitative estimate of drug-likeness (QED) is 0.719. The molecule has 1 N–H and O–H groups in total. The van der Waals surface area contributed by atoms with Gasteiger partial charge in [0.2, 0.25) is 5.91 Å². The van der Waals surface area contributed by atoms with Crippen molar-refractivity contribution in [3.05, 3.63) is 0 Å². The minimum atomic E-state index is -1.22. The molecule has 6 nitrogen and oxygen atoms in total. The number of hydrogen-bond donors (Lipinski definition) is 1. The fourth-order valence-corrected chi connectivity index (χ4v) is 2.18. The smallest absolute Gasteiger partial charge is 0.332 e. The van der Waals surface area contributed by atoms with Crippen LogP contribution in [0.5, 0.6) is 0 Å². The van der Waals surface area contributed by atoms with E-state index in [-0.39, 0.29) is 19.1 Å². The van der Waals surface area contributed by atoms with Gasteiger partial charge >= 0.3 is 5.97 Å². The predicted molar refractivity (Wildman–Crippen MR) is 59.7 cm³/mol. The van der Waals surface area contributed by atoms with Gasteiger partial charge in [0.05, 0.1) is 6.61 Å². The Morgan fingerprint density at radius 3 is 2.71 bits per heavy atom. The molecule has 1 rings (SSSR count). The minimum absolute atomic E-state index is 0.0141. The van der Waals surface area contributed by atoms with E-state index in [0.717, 1.165) is 0 Å². The molecule has 0 bridgehead atoms. The van der Waals surface area contributed by atoms with Crippen LogP contribution in [-0.2, 0) is 19.1 Å². The van der Waals surface area contributed by atoms with Crippen LogP contribution in [-0.4, -0.2) is 60.9 Å². The predicted octanol–water partition coefficient (Wildman–Crippen LogP) is 0.115. The Bertz CT molecular complexity index is 294. The van der Waals surface area contributed by atoms with Gasteiger partial charge in [0.15, 0.2) is 5.54 Å². The topological polar surface area (TPSA) is 76.1 Å². The summed E-state index contributed by atoms with van der Waals surface area (Å²) in [5.41, 5.74) is -1.22. The Morgan fingerprint density at radius 1 is 1.47 bits per heavy atom. The van der Waals surface area contributed by atoms with Gasteiger partial charge in [-0.05, 0) is 19.8 Å². The first-order valence-corrected chi connectivity index (χ1v) is 5.69. The van der Waals surface area contributed by atoms with E-state index in [1.54, 1.807) is 6.92 Å². The molecule has 6 heteroatoms. The van der Waals surface area contributed by atoms with Crippen LogP contribution in [0, 0.1) is 0 Å². The number of hydrogen-bond acceptors (Lipinski definition) is 4. The van der Waals surface area contributed by atoms with Crippen LogP contribution in [0.1, 0.15) is 19.8 Å². The summed E-state index contributed by atoms with van der Waals surface area (Å²) >= 11 is 0. The van der Waals surface area contributed by atoms with Crippen LogP contribution in [0.4, 0.5) is 0 Å². The summed E-state index contributed by atoms with van der Waals surface area (Å²) in [6, 6.07) is 0. The average Bonchev–Trinajstić information content (AvgIpc) is 2.71. The molecular weight excluding hydrogens is 226 g/mol. The van der Waals surface area contributed by atoms with Crippen molar-refractivity contribution in [2.45, 2.75) is 25.3 Å². The molecule has 0 aromatic carbocycles. The molecule has 1 atom stereocenters. The summed E-state index contributed by atoms with van der Waals surface area (Å²) in [5, 5.41) is 9.32. The molecule has 1 heterocycles. The first-order chi connectivity index (χ1) is 8.08. The van der Waals surface area contributed by atoms with Crippen LogP contribution in [0.15, 0.2) is 0 Å². The summed E-state index contributed by atoms with van der Waals surface area (Å²) in [7, 11) is 1.44. The minimum Gasteiger partial charge on any atom is -0.479 e. The fourth-order valence-electron chi connectivity index (χ4n) is 2.18. The highest BCUT2D eigenvalue weighted by Gasteiger charge is 2.50. The number of carboxylic acids is 1. The van der Waals surface area contributed by atoms with E-state index in [1.807, 2.05) is 0 Å². The summed E-state index contributed by atoms with van der Waals surface area (Å²) < 4.78 is 9.99. The Kier molecular flexibility index (Phi) is 4.89. The highest BCUT2D eigenvalue weighted by atomic mass is 16.5. The fraction of sp³-hybridized carbons (Fsp3) is 0.818. The van der Waals surface area contributed by atoms with Gasteiger partial charge in [-0.15, -0.1) is 0 Å². The van der Waals surface area contributed by atoms with Crippen LogP contribution in [0.3, 0.4) is 0 Å². The third-order valence-electron chi connectivity index (χ3n) is 3.00. The maximum Gasteiger partial charge on any atom is 0.332 e. The van der Waals surface area contributed by atoms with Crippen molar-refractivity contribution >= 4 is 11.9 Å². The lowest BCUT2D eigenvalue weighted by atomic mass is 9.97. The second-order valence-corrected chi connectivity index (χ2v) is 4.06. The molecule has 1 aliphatic heterocycles. The molecule has 17 heavy (non-hydrogen) atoms. The standard InChI is InChI=1S/C11H19NO5/c1-3-17-7-9(13)12-6-4-5-11(12,8-16-2)10(14)15/h3-8H2,1-2H3,(H,14,15). The lowest BCUT2D eigenvalue weighted by Gasteiger charge is -2.33. The van der Waals surface area contributed by atoms with E-state index >= 15 is 0 Å². The highest BCUT2D eigenvalue weighted by molar-refractivity contribution is 5.88. The first kappa shape index (κ1) is 13.9. The molecule has 1 saturated heterocycles. The van der Waals surface area contributed by atoms with Gasteiger partial charge in [-0.2, -0.15) is 0 Å². The summed E-state index contributed by atoms with van der Waals surface area (Å²) in [4.78, 5) is 24.6. The average molecular weight is 245 g/mol. The van der Waals surface area contributed by atoms with Gasteiger partial charge < -0.3 is 19.5 Å². The number of carbonyl (C=O) groups excluding carboxylic acids is 1. The first-order valence-electron chi connectivity index (χ1n) is 5.69. The lowest BCUT2D eigenvalue weighted by molar-refractivity contribution is -0.161. The molecule has 1 aliphatic rings. The SMILES string of the molecule is CCOCC(=O)N1CCCC1(COC)C(=O)O. The van der Waals surface area contributed by atoms with Gasteiger partial charge in [0.25, 0.3) is 0 Å². The van der Waals surface area contributed by atoms with Crippen molar-refractivity contribution in [1.82, 2.24) is 4.90 Å². The summed E-state index contributed by atoms with van der Waals surface area (Å²) in [6.45, 7) is 2.61. The monoisotopic (exact) mass is 245 g/mol. The Hall–Kier alpha value is -1.14. The van der Waals surface area contributed by atoms with E-state index in [9.17, 15) is 14.7 Å². The van der Waals surface area contributed by atoms with E-state index in [0.29, 0.717) is 26.0 Å². The number of carbonyl (C=O) groups is 2. The largest absolute Gasteiger partial charge is 0.479 e. The van der Waals surface area contributed by atoms with Gasteiger partial charge in [-0.3, -0.25) is 4.79 Å². The molecule has 0 spiro atoms. The van der Waals surface area contributed by atoms with Crippen molar-refractivity contribution in [2.24, 2.45) is 0 Å². The molecular formula is C11H19NO5. The number of nitrogens with zero attached hydrogens (tertiary/aromatic N) is 1. The molecule has 1 unspecified atom stereocenters. The molecule has 0 aromatic heterocycles. The second-order valence-electron chi connectivity index (χ2n) is 4.06. The van der Waals surface area contributed by atoms with Gasteiger partial charge in [-0.25, -0.2) is 4.79 Å². The van der Waals surface area contributed by atoms with Gasteiger partial charge in [0, 0.05) is 20.3 Å². The van der Waals surface area contributed by atoms with Crippen LogP contribution in [0.25, 0.3) is 0 Å². The number of methoxy groups -OCH3 is 1. The van der Waals surface area contributed by atoms with E-state index in [1.165, 1.54) is 12.0 Å². The van der Waals surface area contributed by atoms with E-state index < -0.39 is 11.5 Å². The van der Waals surface area contributed by atoms with Crippen LogP contribution >= 0.6 is 0 Å². The van der Waals surface area contributed by atoms with E-state index in [4.69, 9.17) is 9.47 Å². The van der Waals surface area contributed by atoms with Gasteiger partial charge in [0.1, 0.15) is 6.61 Å². The normalized spacial score (nSPS) is 24.0. The van der Waals surface area contributed by atoms with Crippen molar-refractivity contribution in [3.63, 3.8) is 0 Å². The number of ether oxygens (including phenoxy) is 2. The summed E-state index contributed by atoms with van der Waals surface area (Å²) in [6.07, 6.45) is 1.10. The molecule has 0 aliphatic carbocycles. The van der Waals surface area contributed by atoms with Crippen molar-refractivity contribution in [2.75, 3.05) is 33.5 Å². The highest BCUT2D eigenvalue weighted by Crippen LogP contribution is 2.30. The molecule has 1 amide bonds. The maximum atomic E-state index is 11.9. The number of carboxylic acid groups (broad SMARTS) is 1. The maximum absolute atomic E-state index is 11.9. The molecule has 0 aromatic rings. The van der Waals surface area contributed by atoms with Crippen molar-refractivity contribution in [1.29, 1.82) is 0 Å². The van der Waals surface area contributed by atoms with E-state index in [2.05, 4.69) is 0 Å². The third-order valence-corrected chi connectivity index (χ3v) is 3.00. The van der Waals surface area contributed by atoms with Crippen molar-refractivity contribution < 1.29 is 24.2 Å². The Balaban J connectivity index is 2.81. The number of aliphatic carboxylic acids is 1. The van der Waals surface area contributed by atoms with Gasteiger partial charge in [-0.1, -0.05) is 0 Å². The van der Waals surface area contributed by atoms with Crippen molar-refractivity contribution in [3.8, 4) is 0 Å². The molecule has 1 fully saturated rings. The number of rotatable bonds is 6. The summed E-state index contributed by atoms with van der Waals surface area (Å²) in [5.74, 6) is -1.30. The molecule has 0 saturated carbocycles. The Morgan fingerprint density at radius 2 is 2.18 bits per heavy atom. The van der Waals surface area contributed by atoms with Crippen LogP contribution in [0.2, 0.25) is 0 Å². The lowest BCUT2D eigenvalue weighted by Crippen LogP contribution is -2.56. The third kappa shape index (κ3) is 2.76. The second kappa shape index (κ2) is 5.97. The zero-order chi connectivity index (χ0) is 12.9. The Labute approximate surface area is 100 Å². The van der Waals surface area contributed by atoms with Crippen LogP contribution < -0.4 is 0 Å². The number of likely N-dealkylation sites (tertiary alicyclic amines) is 1.